The quantitative estimate of drug-likeness (QED) is 0.808. The van der Waals surface area contributed by atoms with Crippen molar-refractivity contribution in [1.29, 1.82) is 0 Å². The summed E-state index contributed by atoms with van der Waals surface area (Å²) in [6, 6.07) is 7.39. The van der Waals surface area contributed by atoms with Crippen LogP contribution in [0.2, 0.25) is 0 Å². The van der Waals surface area contributed by atoms with E-state index in [2.05, 4.69) is 0 Å². The van der Waals surface area contributed by atoms with Gasteiger partial charge in [0.15, 0.2) is 5.43 Å². The van der Waals surface area contributed by atoms with Crippen LogP contribution in [0.15, 0.2) is 41.3 Å². The topological polar surface area (TPSA) is 59.3 Å². The van der Waals surface area contributed by atoms with Gasteiger partial charge in [-0.2, -0.15) is 0 Å². The van der Waals surface area contributed by atoms with Crippen molar-refractivity contribution in [3.63, 3.8) is 0 Å². The van der Waals surface area contributed by atoms with Gasteiger partial charge in [0.25, 0.3) is 0 Å². The number of rotatable bonds is 3. The van der Waals surface area contributed by atoms with E-state index in [4.69, 9.17) is 5.11 Å². The lowest BCUT2D eigenvalue weighted by atomic mass is 10.1. The molecule has 0 saturated carbocycles. The highest BCUT2D eigenvalue weighted by Gasteiger charge is 2.15. The lowest BCUT2D eigenvalue weighted by Gasteiger charge is -2.06. The van der Waals surface area contributed by atoms with E-state index in [0.29, 0.717) is 22.2 Å². The molecule has 0 amide bonds. The molecule has 3 rings (SSSR count). The highest BCUT2D eigenvalue weighted by atomic mass is 32.1. The minimum absolute atomic E-state index is 0.140. The van der Waals surface area contributed by atoms with E-state index < -0.39 is 5.97 Å². The summed E-state index contributed by atoms with van der Waals surface area (Å²) in [7, 11) is 1.78. The Bertz CT molecular complexity index is 925. The number of aromatic nitrogens is 1. The van der Waals surface area contributed by atoms with Crippen LogP contribution in [-0.2, 0) is 13.5 Å². The standard InChI is InChI=1S/C16H12FNO3S/c1-18-8-10(6-9-2-4-11(17)5-3-9)14(19)12-7-13(16(20)21)22-15(12)18/h2-5,7-8H,6H2,1H3,(H,20,21). The molecule has 0 aliphatic heterocycles. The van der Waals surface area contributed by atoms with Crippen molar-refractivity contribution in [3.05, 3.63) is 68.6 Å². The Kier molecular flexibility index (Phi) is 3.54. The maximum absolute atomic E-state index is 12.9. The molecule has 0 bridgehead atoms. The number of carboxylic acid groups (broad SMARTS) is 1. The SMILES string of the molecule is Cn1cc(Cc2ccc(F)cc2)c(=O)c2cc(C(=O)O)sc21. The van der Waals surface area contributed by atoms with Gasteiger partial charge < -0.3 is 9.67 Å². The predicted octanol–water partition coefficient (Wildman–Crippen LogP) is 3.03. The zero-order chi connectivity index (χ0) is 15.9. The van der Waals surface area contributed by atoms with Gasteiger partial charge in [-0.25, -0.2) is 9.18 Å². The number of hydrogen-bond acceptors (Lipinski definition) is 3. The molecule has 22 heavy (non-hydrogen) atoms. The molecule has 3 aromatic rings. The van der Waals surface area contributed by atoms with E-state index in [1.54, 1.807) is 29.9 Å². The van der Waals surface area contributed by atoms with Crippen LogP contribution in [0.5, 0.6) is 0 Å². The molecule has 1 aromatic carbocycles. The zero-order valence-corrected chi connectivity index (χ0v) is 12.5. The summed E-state index contributed by atoms with van der Waals surface area (Å²) in [5.74, 6) is -1.36. The van der Waals surface area contributed by atoms with E-state index >= 15 is 0 Å². The van der Waals surface area contributed by atoms with Gasteiger partial charge in [-0.05, 0) is 23.8 Å². The number of carbonyl (C=O) groups is 1. The summed E-state index contributed by atoms with van der Waals surface area (Å²) < 4.78 is 14.7. The molecule has 2 aromatic heterocycles. The lowest BCUT2D eigenvalue weighted by Crippen LogP contribution is -2.12. The number of aryl methyl sites for hydroxylation is 1. The molecule has 0 atom stereocenters. The molecule has 0 radical (unpaired) electrons. The fourth-order valence-electron chi connectivity index (χ4n) is 2.38. The Hall–Kier alpha value is -2.47. The van der Waals surface area contributed by atoms with Crippen molar-refractivity contribution in [2.75, 3.05) is 0 Å². The molecule has 4 nitrogen and oxygen atoms in total. The van der Waals surface area contributed by atoms with Gasteiger partial charge >= 0.3 is 5.97 Å². The monoisotopic (exact) mass is 317 g/mol. The molecule has 0 unspecified atom stereocenters. The molecule has 0 aliphatic carbocycles. The first-order valence-corrected chi connectivity index (χ1v) is 7.37. The number of benzene rings is 1. The smallest absolute Gasteiger partial charge is 0.345 e. The van der Waals surface area contributed by atoms with Crippen molar-refractivity contribution in [3.8, 4) is 0 Å². The number of halogens is 1. The predicted molar refractivity (Wildman–Crippen MR) is 83.2 cm³/mol. The van der Waals surface area contributed by atoms with Crippen LogP contribution in [0, 0.1) is 5.82 Å². The van der Waals surface area contributed by atoms with Gasteiger partial charge in [0.1, 0.15) is 15.5 Å². The highest BCUT2D eigenvalue weighted by molar-refractivity contribution is 7.20. The normalized spacial score (nSPS) is 11.0. The van der Waals surface area contributed by atoms with E-state index in [0.717, 1.165) is 16.9 Å². The van der Waals surface area contributed by atoms with Crippen molar-refractivity contribution in [1.82, 2.24) is 4.57 Å². The van der Waals surface area contributed by atoms with E-state index in [1.807, 2.05) is 0 Å². The van der Waals surface area contributed by atoms with Crippen molar-refractivity contribution >= 4 is 27.5 Å². The third-order valence-electron chi connectivity index (χ3n) is 3.44. The van der Waals surface area contributed by atoms with Gasteiger partial charge in [0, 0.05) is 25.2 Å². The summed E-state index contributed by atoms with van der Waals surface area (Å²) in [5, 5.41) is 9.47. The van der Waals surface area contributed by atoms with Crippen LogP contribution in [0.1, 0.15) is 20.8 Å². The molecular weight excluding hydrogens is 305 g/mol. The second-order valence-electron chi connectivity index (χ2n) is 5.03. The Labute approximate surface area is 129 Å². The zero-order valence-electron chi connectivity index (χ0n) is 11.7. The van der Waals surface area contributed by atoms with Crippen LogP contribution in [0.3, 0.4) is 0 Å². The third-order valence-corrected chi connectivity index (χ3v) is 4.65. The summed E-state index contributed by atoms with van der Waals surface area (Å²) in [6.45, 7) is 0. The molecule has 112 valence electrons. The van der Waals surface area contributed by atoms with E-state index in [-0.39, 0.29) is 16.1 Å². The van der Waals surface area contributed by atoms with Gasteiger partial charge in [-0.15, -0.1) is 11.3 Å². The first kappa shape index (κ1) is 14.5. The molecule has 2 heterocycles. The number of fused-ring (bicyclic) bond motifs is 1. The number of nitrogens with zero attached hydrogens (tertiary/aromatic N) is 1. The molecule has 1 N–H and O–H groups in total. The molecule has 0 spiro atoms. The Morgan fingerprint density at radius 3 is 2.64 bits per heavy atom. The van der Waals surface area contributed by atoms with Crippen molar-refractivity contribution < 1.29 is 14.3 Å². The molecule has 0 aliphatic rings. The molecule has 0 fully saturated rings. The van der Waals surface area contributed by atoms with Crippen molar-refractivity contribution in [2.45, 2.75) is 6.42 Å². The van der Waals surface area contributed by atoms with E-state index in [1.165, 1.54) is 18.2 Å². The van der Waals surface area contributed by atoms with Gasteiger partial charge in [-0.1, -0.05) is 12.1 Å². The van der Waals surface area contributed by atoms with Crippen LogP contribution in [-0.4, -0.2) is 15.6 Å². The summed E-state index contributed by atoms with van der Waals surface area (Å²) in [5.41, 5.74) is 1.20. The van der Waals surface area contributed by atoms with Crippen molar-refractivity contribution in [2.24, 2.45) is 7.05 Å². The largest absolute Gasteiger partial charge is 0.477 e. The number of aromatic carboxylic acids is 1. The maximum Gasteiger partial charge on any atom is 0.345 e. The Morgan fingerprint density at radius 1 is 1.32 bits per heavy atom. The molecule has 6 heteroatoms. The summed E-state index contributed by atoms with van der Waals surface area (Å²) in [6.07, 6.45) is 2.08. The average Bonchev–Trinajstić information content (AvgIpc) is 2.93. The highest BCUT2D eigenvalue weighted by Crippen LogP contribution is 2.23. The molecular formula is C16H12FNO3S. The average molecular weight is 317 g/mol. The first-order chi connectivity index (χ1) is 10.5. The number of pyridine rings is 1. The van der Waals surface area contributed by atoms with Crippen LogP contribution < -0.4 is 5.43 Å². The Morgan fingerprint density at radius 2 is 2.00 bits per heavy atom. The summed E-state index contributed by atoms with van der Waals surface area (Å²) >= 11 is 1.08. The second kappa shape index (κ2) is 5.38. The number of hydrogen-bond donors (Lipinski definition) is 1. The van der Waals surface area contributed by atoms with Gasteiger partial charge in [0.2, 0.25) is 0 Å². The molecule has 0 saturated heterocycles. The fraction of sp³-hybridized carbons (Fsp3) is 0.125. The summed E-state index contributed by atoms with van der Waals surface area (Å²) in [4.78, 5) is 24.3. The van der Waals surface area contributed by atoms with E-state index in [9.17, 15) is 14.0 Å². The maximum atomic E-state index is 12.9. The third kappa shape index (κ3) is 2.53. The van der Waals surface area contributed by atoms with Gasteiger partial charge in [-0.3, -0.25) is 4.79 Å². The van der Waals surface area contributed by atoms with Crippen LogP contribution in [0.25, 0.3) is 10.2 Å². The second-order valence-corrected chi connectivity index (χ2v) is 6.06. The number of carboxylic acids is 1. The fourth-order valence-corrected chi connectivity index (χ4v) is 3.31. The lowest BCUT2D eigenvalue weighted by molar-refractivity contribution is 0.0702. The Balaban J connectivity index is 2.10. The van der Waals surface area contributed by atoms with Crippen LogP contribution in [0.4, 0.5) is 4.39 Å². The van der Waals surface area contributed by atoms with Gasteiger partial charge in [0.05, 0.1) is 5.39 Å². The minimum Gasteiger partial charge on any atom is -0.477 e. The van der Waals surface area contributed by atoms with Crippen LogP contribution >= 0.6 is 11.3 Å². The number of thiophene rings is 1. The first-order valence-electron chi connectivity index (χ1n) is 6.55. The minimum atomic E-state index is -1.04.